The van der Waals surface area contributed by atoms with Crippen molar-refractivity contribution in [1.29, 1.82) is 0 Å². The number of carboxylic acids is 1. The molecule has 0 bridgehead atoms. The number of carbonyl (C=O) groups is 3. The number of aliphatic carboxylic acids is 1. The lowest BCUT2D eigenvalue weighted by molar-refractivity contribution is -0.147. The van der Waals surface area contributed by atoms with Crippen molar-refractivity contribution in [2.24, 2.45) is 18.9 Å². The highest BCUT2D eigenvalue weighted by Crippen LogP contribution is 2.33. The number of carboxylic acid groups (broad SMARTS) is 1. The molecule has 3 N–H and O–H groups in total. The number of rotatable bonds is 7. The van der Waals surface area contributed by atoms with Gasteiger partial charge in [0.25, 0.3) is 0 Å². The summed E-state index contributed by atoms with van der Waals surface area (Å²) in [5.74, 6) is -1.96. The van der Waals surface area contributed by atoms with Gasteiger partial charge in [0.15, 0.2) is 0 Å². The molecule has 10 heteroatoms. The Bertz CT molecular complexity index is 1290. The first-order valence-corrected chi connectivity index (χ1v) is 12.5. The molecule has 3 aromatic rings. The first kappa shape index (κ1) is 26.2. The lowest BCUT2D eigenvalue weighted by Crippen LogP contribution is -2.36. The predicted octanol–water partition coefficient (Wildman–Crippen LogP) is 5.88. The molecule has 1 aromatic heterocycles. The molecule has 0 saturated heterocycles. The van der Waals surface area contributed by atoms with Gasteiger partial charge >= 0.3 is 12.1 Å². The molecule has 1 aliphatic rings. The van der Waals surface area contributed by atoms with Gasteiger partial charge in [0.1, 0.15) is 11.9 Å². The standard InChI is InChI=1S/C27H29ClN4O5/c1-16(19-7-5-6-10-23(19)28)37-27(36)31-24-22(15-29-32(24)2)17-11-13-18(14-12-17)30-25(33)20-8-3-4-9-21(20)26(34)35/h5-7,10-16,20-21H,3-4,8-9H2,1-2H3,(H,30,33)(H,31,36)(H,34,35)/t16-,20?,21?/m1/s1. The second-order valence-corrected chi connectivity index (χ2v) is 9.53. The Balaban J connectivity index is 1.43. The van der Waals surface area contributed by atoms with Crippen molar-refractivity contribution in [1.82, 2.24) is 9.78 Å². The number of carbonyl (C=O) groups excluding carboxylic acids is 2. The van der Waals surface area contributed by atoms with E-state index in [1.165, 1.54) is 4.68 Å². The van der Waals surface area contributed by atoms with Crippen LogP contribution in [0.2, 0.25) is 5.02 Å². The third-order valence-electron chi connectivity index (χ3n) is 6.67. The van der Waals surface area contributed by atoms with Crippen LogP contribution in [0.15, 0.2) is 54.7 Å². The molecule has 2 amide bonds. The van der Waals surface area contributed by atoms with E-state index in [1.807, 2.05) is 6.07 Å². The quantitative estimate of drug-likeness (QED) is 0.354. The molecule has 37 heavy (non-hydrogen) atoms. The number of anilines is 2. The van der Waals surface area contributed by atoms with Crippen molar-refractivity contribution in [3.63, 3.8) is 0 Å². The third kappa shape index (κ3) is 6.11. The highest BCUT2D eigenvalue weighted by atomic mass is 35.5. The first-order chi connectivity index (χ1) is 17.7. The summed E-state index contributed by atoms with van der Waals surface area (Å²) >= 11 is 6.21. The van der Waals surface area contributed by atoms with Gasteiger partial charge < -0.3 is 15.2 Å². The maximum Gasteiger partial charge on any atom is 0.413 e. The minimum atomic E-state index is -0.924. The number of ether oxygens (including phenoxy) is 1. The highest BCUT2D eigenvalue weighted by Gasteiger charge is 2.35. The number of hydrogen-bond acceptors (Lipinski definition) is 5. The van der Waals surface area contributed by atoms with Gasteiger partial charge in [-0.1, -0.05) is 54.8 Å². The fourth-order valence-corrected chi connectivity index (χ4v) is 4.95. The van der Waals surface area contributed by atoms with Crippen LogP contribution in [0.1, 0.15) is 44.3 Å². The van der Waals surface area contributed by atoms with Crippen molar-refractivity contribution < 1.29 is 24.2 Å². The van der Waals surface area contributed by atoms with Crippen LogP contribution in [0.4, 0.5) is 16.3 Å². The molecule has 4 rings (SSSR count). The Morgan fingerprint density at radius 2 is 1.73 bits per heavy atom. The molecule has 0 aliphatic heterocycles. The number of nitrogens with one attached hydrogen (secondary N) is 2. The van der Waals surface area contributed by atoms with Crippen LogP contribution in [0, 0.1) is 11.8 Å². The van der Waals surface area contributed by atoms with Crippen molar-refractivity contribution >= 4 is 41.1 Å². The number of aromatic nitrogens is 2. The predicted molar refractivity (Wildman–Crippen MR) is 140 cm³/mol. The number of amides is 2. The maximum absolute atomic E-state index is 12.8. The summed E-state index contributed by atoms with van der Waals surface area (Å²) in [6.45, 7) is 1.74. The third-order valence-corrected chi connectivity index (χ3v) is 7.01. The van der Waals surface area contributed by atoms with Crippen LogP contribution >= 0.6 is 11.6 Å². The van der Waals surface area contributed by atoms with Gasteiger partial charge in [0.2, 0.25) is 5.91 Å². The van der Waals surface area contributed by atoms with Crippen LogP contribution < -0.4 is 10.6 Å². The molecule has 0 radical (unpaired) electrons. The largest absolute Gasteiger partial charge is 0.481 e. The Morgan fingerprint density at radius 1 is 1.05 bits per heavy atom. The zero-order valence-electron chi connectivity index (χ0n) is 20.6. The van der Waals surface area contributed by atoms with Gasteiger partial charge in [-0.3, -0.25) is 19.6 Å². The molecule has 9 nitrogen and oxygen atoms in total. The summed E-state index contributed by atoms with van der Waals surface area (Å²) in [4.78, 5) is 37.0. The van der Waals surface area contributed by atoms with Gasteiger partial charge in [-0.25, -0.2) is 4.79 Å². The number of aryl methyl sites for hydroxylation is 1. The molecule has 0 spiro atoms. The van der Waals surface area contributed by atoms with Crippen molar-refractivity contribution in [3.8, 4) is 11.1 Å². The smallest absolute Gasteiger partial charge is 0.413 e. The molecule has 3 atom stereocenters. The van der Waals surface area contributed by atoms with Crippen LogP contribution in [-0.4, -0.2) is 32.9 Å². The number of hydrogen-bond donors (Lipinski definition) is 3. The topological polar surface area (TPSA) is 123 Å². The molecular weight excluding hydrogens is 496 g/mol. The minimum Gasteiger partial charge on any atom is -0.481 e. The van der Waals surface area contributed by atoms with Gasteiger partial charge in [0, 0.05) is 28.9 Å². The van der Waals surface area contributed by atoms with E-state index >= 15 is 0 Å². The van der Waals surface area contributed by atoms with Gasteiger partial charge in [-0.15, -0.1) is 0 Å². The molecule has 1 saturated carbocycles. The van der Waals surface area contributed by atoms with Gasteiger partial charge in [-0.2, -0.15) is 5.10 Å². The van der Waals surface area contributed by atoms with Gasteiger partial charge in [-0.05, 0) is 43.5 Å². The van der Waals surface area contributed by atoms with Crippen molar-refractivity contribution in [3.05, 3.63) is 65.3 Å². The molecule has 2 unspecified atom stereocenters. The zero-order valence-corrected chi connectivity index (χ0v) is 21.4. The van der Waals surface area contributed by atoms with E-state index in [0.29, 0.717) is 40.5 Å². The summed E-state index contributed by atoms with van der Waals surface area (Å²) in [6.07, 6.45) is 3.17. The van der Waals surface area contributed by atoms with E-state index < -0.39 is 30.0 Å². The van der Waals surface area contributed by atoms with Crippen molar-refractivity contribution in [2.45, 2.75) is 38.7 Å². The second kappa shape index (κ2) is 11.5. The highest BCUT2D eigenvalue weighted by molar-refractivity contribution is 6.31. The van der Waals surface area contributed by atoms with Gasteiger partial charge in [0.05, 0.1) is 18.0 Å². The summed E-state index contributed by atoms with van der Waals surface area (Å²) in [6, 6.07) is 14.2. The van der Waals surface area contributed by atoms with E-state index in [-0.39, 0.29) is 5.91 Å². The molecule has 194 valence electrons. The minimum absolute atomic E-state index is 0.279. The zero-order chi connectivity index (χ0) is 26.5. The summed E-state index contributed by atoms with van der Waals surface area (Å²) in [7, 11) is 1.70. The number of halogens is 1. The monoisotopic (exact) mass is 524 g/mol. The fraction of sp³-hybridized carbons (Fsp3) is 0.333. The number of benzene rings is 2. The van der Waals surface area contributed by atoms with Crippen LogP contribution in [-0.2, 0) is 21.4 Å². The van der Waals surface area contributed by atoms with E-state index in [0.717, 1.165) is 18.4 Å². The normalized spacial score (nSPS) is 18.0. The molecule has 1 fully saturated rings. The Hall–Kier alpha value is -3.85. The number of nitrogens with zero attached hydrogens (tertiary/aromatic N) is 2. The van der Waals surface area contributed by atoms with E-state index in [1.54, 1.807) is 62.6 Å². The van der Waals surface area contributed by atoms with Crippen LogP contribution in [0.5, 0.6) is 0 Å². The Kier molecular flexibility index (Phi) is 8.13. The van der Waals surface area contributed by atoms with Crippen LogP contribution in [0.25, 0.3) is 11.1 Å². The Labute approximate surface area is 219 Å². The molecule has 1 heterocycles. The van der Waals surface area contributed by atoms with Crippen LogP contribution in [0.3, 0.4) is 0 Å². The lowest BCUT2D eigenvalue weighted by Gasteiger charge is -2.27. The SMILES string of the molecule is C[C@@H](OC(=O)Nc1c(-c2ccc(NC(=O)C3CCCCC3C(=O)O)cc2)cnn1C)c1ccccc1Cl. The average molecular weight is 525 g/mol. The Morgan fingerprint density at radius 3 is 2.41 bits per heavy atom. The van der Waals surface area contributed by atoms with E-state index in [4.69, 9.17) is 16.3 Å². The second-order valence-electron chi connectivity index (χ2n) is 9.13. The first-order valence-electron chi connectivity index (χ1n) is 12.1. The molecular formula is C27H29ClN4O5. The fourth-order valence-electron chi connectivity index (χ4n) is 4.66. The maximum atomic E-state index is 12.8. The van der Waals surface area contributed by atoms with E-state index in [2.05, 4.69) is 15.7 Å². The molecule has 1 aliphatic carbocycles. The summed E-state index contributed by atoms with van der Waals surface area (Å²) < 4.78 is 7.05. The average Bonchev–Trinajstić information content (AvgIpc) is 3.24. The molecule has 2 aromatic carbocycles. The lowest BCUT2D eigenvalue weighted by atomic mass is 9.78. The summed E-state index contributed by atoms with van der Waals surface area (Å²) in [5.41, 5.74) is 2.70. The van der Waals surface area contributed by atoms with Crippen molar-refractivity contribution in [2.75, 3.05) is 10.6 Å². The summed E-state index contributed by atoms with van der Waals surface area (Å²) in [5, 5.41) is 19.8. The van der Waals surface area contributed by atoms with E-state index in [9.17, 15) is 19.5 Å².